The second kappa shape index (κ2) is 9.11. The van der Waals surface area contributed by atoms with Crippen molar-refractivity contribution in [3.63, 3.8) is 0 Å². The van der Waals surface area contributed by atoms with Crippen molar-refractivity contribution < 1.29 is 0 Å². The average molecular weight is 130 g/mol. The lowest BCUT2D eigenvalue weighted by Gasteiger charge is -1.78. The lowest BCUT2D eigenvalue weighted by Crippen LogP contribution is -1.97. The molecular formula is C3H9Cl2N. The van der Waals surface area contributed by atoms with Gasteiger partial charge in [-0.15, -0.1) is 24.0 Å². The van der Waals surface area contributed by atoms with Gasteiger partial charge in [-0.3, -0.25) is 0 Å². The Kier molecular flexibility index (Phi) is 14.8. The Morgan fingerprint density at radius 1 is 1.50 bits per heavy atom. The normalized spacial score (nSPS) is 7.00. The van der Waals surface area contributed by atoms with Gasteiger partial charge < -0.3 is 5.73 Å². The maximum atomic E-state index is 5.22. The molecule has 0 aliphatic carbocycles. The molecule has 0 radical (unpaired) electrons. The van der Waals surface area contributed by atoms with Gasteiger partial charge in [-0.05, 0) is 13.0 Å². The molecule has 2 N–H and O–H groups in total. The quantitative estimate of drug-likeness (QED) is 0.554. The van der Waals surface area contributed by atoms with E-state index < -0.39 is 0 Å². The first kappa shape index (κ1) is 9.74. The monoisotopic (exact) mass is 129 g/mol. The Balaban J connectivity index is 0. The predicted octanol–water partition coefficient (Wildman–Crippen LogP) is 0.996. The third kappa shape index (κ3) is 8.82. The van der Waals surface area contributed by atoms with E-state index >= 15 is 0 Å². The van der Waals surface area contributed by atoms with Crippen LogP contribution < -0.4 is 5.73 Å². The molecule has 0 amide bonds. The van der Waals surface area contributed by atoms with E-state index in [1.54, 1.807) is 0 Å². The van der Waals surface area contributed by atoms with E-state index in [2.05, 4.69) is 0 Å². The molecule has 0 aliphatic rings. The average Bonchev–Trinajstić information content (AvgIpc) is 1.41. The molecule has 6 heavy (non-hydrogen) atoms. The molecule has 0 bridgehead atoms. The molecular weight excluding hydrogens is 121 g/mol. The highest BCUT2D eigenvalue weighted by atomic mass is 35.5. The van der Waals surface area contributed by atoms with Crippen LogP contribution in [-0.2, 0) is 0 Å². The number of hydrogen-bond acceptors (Lipinski definition) is 1. The van der Waals surface area contributed by atoms with Gasteiger partial charge in [0.15, 0.2) is 0 Å². The highest BCUT2D eigenvalue weighted by Gasteiger charge is 1.70. The SMILES string of the molecule is Cl.NCCCCl. The Labute approximate surface area is 49.3 Å². The van der Waals surface area contributed by atoms with Crippen molar-refractivity contribution in [1.82, 2.24) is 0 Å². The summed E-state index contributed by atoms with van der Waals surface area (Å²) < 4.78 is 0. The molecule has 0 heterocycles. The van der Waals surface area contributed by atoms with Crippen molar-refractivity contribution in [3.8, 4) is 0 Å². The van der Waals surface area contributed by atoms with Gasteiger partial charge in [0.25, 0.3) is 0 Å². The second-order valence-electron chi connectivity index (χ2n) is 0.831. The van der Waals surface area contributed by atoms with E-state index in [9.17, 15) is 0 Å². The lowest BCUT2D eigenvalue weighted by molar-refractivity contribution is 0.939. The number of rotatable bonds is 2. The maximum absolute atomic E-state index is 5.22. The van der Waals surface area contributed by atoms with Gasteiger partial charge in [-0.2, -0.15) is 0 Å². The third-order valence-electron chi connectivity index (χ3n) is 0.338. The highest BCUT2D eigenvalue weighted by molar-refractivity contribution is 6.17. The summed E-state index contributed by atoms with van der Waals surface area (Å²) in [6.07, 6.45) is 0.932. The first-order valence-corrected chi connectivity index (χ1v) is 2.21. The van der Waals surface area contributed by atoms with Gasteiger partial charge in [-0.1, -0.05) is 0 Å². The molecule has 40 valence electrons. The molecule has 0 spiro atoms. The lowest BCUT2D eigenvalue weighted by atomic mass is 10.5. The van der Waals surface area contributed by atoms with Crippen molar-refractivity contribution in [2.24, 2.45) is 5.73 Å². The van der Waals surface area contributed by atoms with Crippen LogP contribution in [0.25, 0.3) is 0 Å². The van der Waals surface area contributed by atoms with Crippen LogP contribution in [0.1, 0.15) is 6.42 Å². The van der Waals surface area contributed by atoms with Gasteiger partial charge in [0.2, 0.25) is 0 Å². The maximum Gasteiger partial charge on any atom is 0.0235 e. The molecule has 0 saturated carbocycles. The van der Waals surface area contributed by atoms with Crippen LogP contribution in [0.3, 0.4) is 0 Å². The first-order valence-electron chi connectivity index (χ1n) is 1.68. The molecule has 0 aromatic rings. The predicted molar refractivity (Wildman–Crippen MR) is 31.6 cm³/mol. The topological polar surface area (TPSA) is 26.0 Å². The van der Waals surface area contributed by atoms with E-state index in [1.807, 2.05) is 0 Å². The second-order valence-corrected chi connectivity index (χ2v) is 1.21. The molecule has 0 rings (SSSR count). The molecule has 0 aliphatic heterocycles. The van der Waals surface area contributed by atoms with Crippen LogP contribution in [0.4, 0.5) is 0 Å². The number of hydrogen-bond donors (Lipinski definition) is 1. The number of nitrogens with two attached hydrogens (primary N) is 1. The molecule has 0 atom stereocenters. The molecule has 0 aromatic heterocycles. The molecule has 3 heteroatoms. The van der Waals surface area contributed by atoms with E-state index in [0.717, 1.165) is 6.42 Å². The largest absolute Gasteiger partial charge is 0.330 e. The summed E-state index contributed by atoms with van der Waals surface area (Å²) in [6, 6.07) is 0. The minimum absolute atomic E-state index is 0. The zero-order valence-corrected chi connectivity index (χ0v) is 5.06. The van der Waals surface area contributed by atoms with E-state index in [1.165, 1.54) is 0 Å². The summed E-state index contributed by atoms with van der Waals surface area (Å²) in [5, 5.41) is 0. The van der Waals surface area contributed by atoms with Gasteiger partial charge in [0, 0.05) is 5.88 Å². The zero-order chi connectivity index (χ0) is 4.12. The molecule has 0 unspecified atom stereocenters. The molecule has 0 saturated heterocycles. The van der Waals surface area contributed by atoms with Crippen molar-refractivity contribution in [1.29, 1.82) is 0 Å². The van der Waals surface area contributed by atoms with Gasteiger partial charge in [-0.25, -0.2) is 0 Å². The van der Waals surface area contributed by atoms with Crippen LogP contribution in [0, 0.1) is 0 Å². The minimum Gasteiger partial charge on any atom is -0.330 e. The Morgan fingerprint density at radius 2 is 2.00 bits per heavy atom. The van der Waals surface area contributed by atoms with Gasteiger partial charge >= 0.3 is 0 Å². The zero-order valence-electron chi connectivity index (χ0n) is 3.48. The van der Waals surface area contributed by atoms with Crippen LogP contribution in [0.15, 0.2) is 0 Å². The van der Waals surface area contributed by atoms with Gasteiger partial charge in [0.05, 0.1) is 0 Å². The van der Waals surface area contributed by atoms with E-state index in [-0.39, 0.29) is 12.4 Å². The van der Waals surface area contributed by atoms with Crippen molar-refractivity contribution in [2.75, 3.05) is 12.4 Å². The van der Waals surface area contributed by atoms with Crippen molar-refractivity contribution in [2.45, 2.75) is 6.42 Å². The first-order chi connectivity index (χ1) is 2.41. The number of alkyl halides is 1. The fourth-order valence-electron chi connectivity index (χ4n) is 0.0772. The molecule has 0 aromatic carbocycles. The van der Waals surface area contributed by atoms with Crippen LogP contribution in [-0.4, -0.2) is 12.4 Å². The summed E-state index contributed by atoms with van der Waals surface area (Å²) in [7, 11) is 0. The summed E-state index contributed by atoms with van der Waals surface area (Å²) in [5.74, 6) is 0.691. The van der Waals surface area contributed by atoms with Crippen LogP contribution in [0.2, 0.25) is 0 Å². The van der Waals surface area contributed by atoms with Gasteiger partial charge in [0.1, 0.15) is 0 Å². The molecule has 1 nitrogen and oxygen atoms in total. The Morgan fingerprint density at radius 3 is 2.00 bits per heavy atom. The van der Waals surface area contributed by atoms with Crippen molar-refractivity contribution >= 4 is 24.0 Å². The fraction of sp³-hybridized carbons (Fsp3) is 1.00. The Bertz CT molecular complexity index is 16.3. The summed E-state index contributed by atoms with van der Waals surface area (Å²) in [6.45, 7) is 0.712. The highest BCUT2D eigenvalue weighted by Crippen LogP contribution is 1.76. The summed E-state index contributed by atoms with van der Waals surface area (Å²) in [5.41, 5.74) is 5.05. The third-order valence-corrected chi connectivity index (χ3v) is 0.605. The Hall–Kier alpha value is 0.540. The number of halogens is 2. The molecule has 0 fully saturated rings. The minimum atomic E-state index is 0. The standard InChI is InChI=1S/C3H8ClN.ClH/c4-2-1-3-5;/h1-3,5H2;1H. The van der Waals surface area contributed by atoms with E-state index in [4.69, 9.17) is 17.3 Å². The fourth-order valence-corrected chi connectivity index (χ4v) is 0.231. The van der Waals surface area contributed by atoms with E-state index in [0.29, 0.717) is 12.4 Å². The van der Waals surface area contributed by atoms with Crippen molar-refractivity contribution in [3.05, 3.63) is 0 Å². The van der Waals surface area contributed by atoms with Crippen LogP contribution in [0.5, 0.6) is 0 Å². The smallest absolute Gasteiger partial charge is 0.0235 e. The van der Waals surface area contributed by atoms with Crippen LogP contribution >= 0.6 is 24.0 Å². The summed E-state index contributed by atoms with van der Waals surface area (Å²) >= 11 is 5.22. The summed E-state index contributed by atoms with van der Waals surface area (Å²) in [4.78, 5) is 0.